The summed E-state index contributed by atoms with van der Waals surface area (Å²) in [5.74, 6) is -0.145. The molecule has 1 aromatic rings. The van der Waals surface area contributed by atoms with Gasteiger partial charge in [-0.1, -0.05) is 35.0 Å². The molecular formula is C14H20BrNO2. The lowest BCUT2D eigenvalue weighted by atomic mass is 10.0. The summed E-state index contributed by atoms with van der Waals surface area (Å²) in [6, 6.07) is 8.68. The van der Waals surface area contributed by atoms with Crippen LogP contribution in [0.4, 0.5) is 0 Å². The molecule has 0 fully saturated rings. The van der Waals surface area contributed by atoms with Crippen LogP contribution in [0.15, 0.2) is 28.7 Å². The standard InChI is InChI=1S/C14H20BrNO2/c1-3-13(11-6-8-12(15)9-7-11)16-10-4-5-14(17)18-2/h6-9,13,16H,3-5,10H2,1-2H3. The Morgan fingerprint density at radius 3 is 2.61 bits per heavy atom. The molecule has 1 rings (SSSR count). The van der Waals surface area contributed by atoms with Crippen LogP contribution >= 0.6 is 15.9 Å². The molecule has 1 aromatic carbocycles. The molecule has 0 amide bonds. The summed E-state index contributed by atoms with van der Waals surface area (Å²) in [5.41, 5.74) is 1.28. The van der Waals surface area contributed by atoms with Crippen LogP contribution < -0.4 is 5.32 Å². The van der Waals surface area contributed by atoms with E-state index in [1.54, 1.807) is 0 Å². The van der Waals surface area contributed by atoms with Crippen molar-refractivity contribution in [2.24, 2.45) is 0 Å². The van der Waals surface area contributed by atoms with Gasteiger partial charge in [-0.3, -0.25) is 4.79 Å². The van der Waals surface area contributed by atoms with Gasteiger partial charge in [0, 0.05) is 16.9 Å². The van der Waals surface area contributed by atoms with Crippen LogP contribution in [0.3, 0.4) is 0 Å². The third-order valence-corrected chi connectivity index (χ3v) is 3.39. The molecular weight excluding hydrogens is 294 g/mol. The molecule has 0 spiro atoms. The third kappa shape index (κ3) is 5.19. The first-order valence-corrected chi connectivity index (χ1v) is 7.02. The van der Waals surface area contributed by atoms with Crippen molar-refractivity contribution in [3.63, 3.8) is 0 Å². The topological polar surface area (TPSA) is 38.3 Å². The molecule has 0 saturated carbocycles. The molecule has 0 bridgehead atoms. The Balaban J connectivity index is 2.38. The molecule has 18 heavy (non-hydrogen) atoms. The fraction of sp³-hybridized carbons (Fsp3) is 0.500. The quantitative estimate of drug-likeness (QED) is 0.619. The minimum atomic E-state index is -0.145. The molecule has 0 aliphatic carbocycles. The smallest absolute Gasteiger partial charge is 0.305 e. The number of benzene rings is 1. The van der Waals surface area contributed by atoms with E-state index >= 15 is 0 Å². The maximum Gasteiger partial charge on any atom is 0.305 e. The lowest BCUT2D eigenvalue weighted by Gasteiger charge is -2.17. The maximum absolute atomic E-state index is 11.0. The van der Waals surface area contributed by atoms with Crippen LogP contribution in [-0.4, -0.2) is 19.6 Å². The van der Waals surface area contributed by atoms with Gasteiger partial charge in [-0.15, -0.1) is 0 Å². The van der Waals surface area contributed by atoms with Gasteiger partial charge < -0.3 is 10.1 Å². The lowest BCUT2D eigenvalue weighted by molar-refractivity contribution is -0.140. The van der Waals surface area contributed by atoms with E-state index in [-0.39, 0.29) is 5.97 Å². The number of ether oxygens (including phenoxy) is 1. The summed E-state index contributed by atoms with van der Waals surface area (Å²) in [4.78, 5) is 11.0. The Kier molecular flexibility index (Phi) is 6.98. The summed E-state index contributed by atoms with van der Waals surface area (Å²) in [6.07, 6.45) is 2.31. The molecule has 0 aromatic heterocycles. The predicted octanol–water partition coefficient (Wildman–Crippen LogP) is 3.44. The number of esters is 1. The SMILES string of the molecule is CCC(NCCCC(=O)OC)c1ccc(Br)cc1. The molecule has 4 heteroatoms. The number of nitrogens with one attached hydrogen (secondary N) is 1. The first-order chi connectivity index (χ1) is 8.67. The number of methoxy groups -OCH3 is 1. The van der Waals surface area contributed by atoms with E-state index < -0.39 is 0 Å². The monoisotopic (exact) mass is 313 g/mol. The Labute approximate surface area is 117 Å². The van der Waals surface area contributed by atoms with Crippen molar-refractivity contribution in [2.45, 2.75) is 32.2 Å². The molecule has 3 nitrogen and oxygen atoms in total. The minimum absolute atomic E-state index is 0.145. The number of hydrogen-bond acceptors (Lipinski definition) is 3. The first kappa shape index (κ1) is 15.2. The molecule has 0 aliphatic rings. The summed E-state index contributed by atoms with van der Waals surface area (Å²) in [6.45, 7) is 2.98. The number of carbonyl (C=O) groups excluding carboxylic acids is 1. The molecule has 1 atom stereocenters. The van der Waals surface area contributed by atoms with Gasteiger partial charge in [-0.25, -0.2) is 0 Å². The Morgan fingerprint density at radius 2 is 2.06 bits per heavy atom. The van der Waals surface area contributed by atoms with E-state index in [1.165, 1.54) is 12.7 Å². The molecule has 100 valence electrons. The van der Waals surface area contributed by atoms with Crippen molar-refractivity contribution in [3.05, 3.63) is 34.3 Å². The Hall–Kier alpha value is -0.870. The predicted molar refractivity (Wildman–Crippen MR) is 76.4 cm³/mol. The number of rotatable bonds is 7. The summed E-state index contributed by atoms with van der Waals surface area (Å²) in [5, 5.41) is 3.46. The van der Waals surface area contributed by atoms with E-state index in [4.69, 9.17) is 0 Å². The molecule has 0 aliphatic heterocycles. The van der Waals surface area contributed by atoms with Crippen molar-refractivity contribution in [1.29, 1.82) is 0 Å². The summed E-state index contributed by atoms with van der Waals surface area (Å²) >= 11 is 3.43. The zero-order chi connectivity index (χ0) is 13.4. The highest BCUT2D eigenvalue weighted by Crippen LogP contribution is 2.19. The summed E-state index contributed by atoms with van der Waals surface area (Å²) in [7, 11) is 1.42. The number of carbonyl (C=O) groups is 1. The second-order valence-corrected chi connectivity index (χ2v) is 5.06. The average molecular weight is 314 g/mol. The van der Waals surface area contributed by atoms with Gasteiger partial charge in [-0.2, -0.15) is 0 Å². The normalized spacial score (nSPS) is 12.2. The van der Waals surface area contributed by atoms with Gasteiger partial charge in [0.25, 0.3) is 0 Å². The second kappa shape index (κ2) is 8.27. The van der Waals surface area contributed by atoms with Crippen LogP contribution in [0.5, 0.6) is 0 Å². The van der Waals surface area contributed by atoms with E-state index in [0.29, 0.717) is 12.5 Å². The molecule has 1 N–H and O–H groups in total. The van der Waals surface area contributed by atoms with Crippen molar-refractivity contribution in [3.8, 4) is 0 Å². The zero-order valence-corrected chi connectivity index (χ0v) is 12.5. The van der Waals surface area contributed by atoms with Crippen molar-refractivity contribution >= 4 is 21.9 Å². The third-order valence-electron chi connectivity index (χ3n) is 2.86. The van der Waals surface area contributed by atoms with Crippen molar-refractivity contribution in [2.75, 3.05) is 13.7 Å². The highest BCUT2D eigenvalue weighted by atomic mass is 79.9. The highest BCUT2D eigenvalue weighted by Gasteiger charge is 2.08. The van der Waals surface area contributed by atoms with Crippen LogP contribution in [0.25, 0.3) is 0 Å². The number of hydrogen-bond donors (Lipinski definition) is 1. The van der Waals surface area contributed by atoms with E-state index in [1.807, 2.05) is 12.1 Å². The van der Waals surface area contributed by atoms with Gasteiger partial charge in [0.15, 0.2) is 0 Å². The van der Waals surface area contributed by atoms with Crippen LogP contribution in [0.1, 0.15) is 37.8 Å². The van der Waals surface area contributed by atoms with Crippen LogP contribution in [-0.2, 0) is 9.53 Å². The highest BCUT2D eigenvalue weighted by molar-refractivity contribution is 9.10. The average Bonchev–Trinajstić information content (AvgIpc) is 2.40. The van der Waals surface area contributed by atoms with Crippen LogP contribution in [0, 0.1) is 0 Å². The fourth-order valence-corrected chi connectivity index (χ4v) is 2.07. The van der Waals surface area contributed by atoms with E-state index in [0.717, 1.165) is 23.9 Å². The van der Waals surface area contributed by atoms with Gasteiger partial charge >= 0.3 is 5.97 Å². The Morgan fingerprint density at radius 1 is 1.39 bits per heavy atom. The fourth-order valence-electron chi connectivity index (χ4n) is 1.80. The second-order valence-electron chi connectivity index (χ2n) is 4.15. The van der Waals surface area contributed by atoms with Crippen molar-refractivity contribution < 1.29 is 9.53 Å². The molecule has 0 saturated heterocycles. The van der Waals surface area contributed by atoms with Gasteiger partial charge in [0.2, 0.25) is 0 Å². The Bertz CT molecular complexity index is 365. The van der Waals surface area contributed by atoms with Crippen LogP contribution in [0.2, 0.25) is 0 Å². The van der Waals surface area contributed by atoms with E-state index in [2.05, 4.69) is 45.0 Å². The first-order valence-electron chi connectivity index (χ1n) is 6.23. The van der Waals surface area contributed by atoms with E-state index in [9.17, 15) is 4.79 Å². The molecule has 0 heterocycles. The summed E-state index contributed by atoms with van der Waals surface area (Å²) < 4.78 is 5.70. The van der Waals surface area contributed by atoms with Gasteiger partial charge in [0.1, 0.15) is 0 Å². The molecule has 1 unspecified atom stereocenters. The minimum Gasteiger partial charge on any atom is -0.469 e. The zero-order valence-electron chi connectivity index (χ0n) is 10.9. The van der Waals surface area contributed by atoms with Gasteiger partial charge in [0.05, 0.1) is 7.11 Å². The largest absolute Gasteiger partial charge is 0.469 e. The van der Waals surface area contributed by atoms with Gasteiger partial charge in [-0.05, 0) is 37.1 Å². The van der Waals surface area contributed by atoms with Crippen molar-refractivity contribution in [1.82, 2.24) is 5.32 Å². The molecule has 0 radical (unpaired) electrons. The number of halogens is 1. The lowest BCUT2D eigenvalue weighted by Crippen LogP contribution is -2.22. The maximum atomic E-state index is 11.0.